The van der Waals surface area contributed by atoms with Crippen LogP contribution in [0.4, 0.5) is 0 Å². The Morgan fingerprint density at radius 3 is 1.38 bits per heavy atom. The second-order valence-electron chi connectivity index (χ2n) is 11.4. The predicted octanol–water partition coefficient (Wildman–Crippen LogP) is 12.0. The van der Waals surface area contributed by atoms with E-state index in [1.165, 1.54) is 5.56 Å². The number of phenolic OH excluding ortho intramolecular Hbond substituents is 2. The van der Waals surface area contributed by atoms with Crippen LogP contribution in [0, 0.1) is 34.6 Å². The number of carbonyl (C=O) groups excluding carboxylic acids is 1. The number of aryl methyl sites for hydroxylation is 7. The van der Waals surface area contributed by atoms with Crippen molar-refractivity contribution >= 4 is 15.9 Å². The summed E-state index contributed by atoms with van der Waals surface area (Å²) in [7, 11) is -3.53. The van der Waals surface area contributed by atoms with Crippen molar-refractivity contribution in [2.45, 2.75) is 130 Å². The van der Waals surface area contributed by atoms with Crippen LogP contribution in [0.5, 0.6) is 34.5 Å². The zero-order chi connectivity index (χ0) is 44.0. The largest absolute Gasteiger partial charge is 0.508 e. The summed E-state index contributed by atoms with van der Waals surface area (Å²) in [6.45, 7) is 29.9. The SMILES string of the molecule is CC.CC.CC.CC.CC.Cc1cc(CCC(=O)NS(C)(=O)=O)cc(C)c1Oc1ccc(O)cc1.Cc1cc(Oc2c(C)cc(CCCO)cc2C)ccc1O. The van der Waals surface area contributed by atoms with E-state index in [0.717, 1.165) is 69.7 Å². The van der Waals surface area contributed by atoms with Gasteiger partial charge >= 0.3 is 0 Å². The lowest BCUT2D eigenvalue weighted by Crippen LogP contribution is -2.29. The first-order chi connectivity index (χ1) is 26.6. The molecule has 0 aliphatic rings. The summed E-state index contributed by atoms with van der Waals surface area (Å²) < 4.78 is 35.9. The Hall–Kier alpha value is -4.54. The van der Waals surface area contributed by atoms with E-state index in [1.807, 2.05) is 127 Å². The highest BCUT2D eigenvalue weighted by Crippen LogP contribution is 2.33. The van der Waals surface area contributed by atoms with E-state index >= 15 is 0 Å². The monoisotopic (exact) mass is 800 g/mol. The van der Waals surface area contributed by atoms with Crippen LogP contribution in [-0.4, -0.2) is 42.5 Å². The summed E-state index contributed by atoms with van der Waals surface area (Å²) in [5, 5.41) is 27.8. The summed E-state index contributed by atoms with van der Waals surface area (Å²) in [4.78, 5) is 11.6. The number of benzene rings is 4. The molecule has 0 atom stereocenters. The number of hydrogen-bond donors (Lipinski definition) is 4. The number of hydrogen-bond acceptors (Lipinski definition) is 8. The fraction of sp³-hybridized carbons (Fsp3) is 0.457. The highest BCUT2D eigenvalue weighted by Gasteiger charge is 2.12. The fourth-order valence-electron chi connectivity index (χ4n) is 4.93. The molecule has 0 aliphatic heterocycles. The Balaban J connectivity index is -0.000000827. The molecule has 1 amide bonds. The van der Waals surface area contributed by atoms with Crippen LogP contribution < -0.4 is 14.2 Å². The van der Waals surface area contributed by atoms with Gasteiger partial charge in [-0.1, -0.05) is 93.5 Å². The molecule has 0 saturated carbocycles. The van der Waals surface area contributed by atoms with Gasteiger partial charge in [-0.05, 0) is 135 Å². The molecule has 56 heavy (non-hydrogen) atoms. The summed E-state index contributed by atoms with van der Waals surface area (Å²) in [5.41, 5.74) is 6.91. The van der Waals surface area contributed by atoms with Gasteiger partial charge in [0.25, 0.3) is 0 Å². The number of nitrogens with one attached hydrogen (secondary N) is 1. The van der Waals surface area contributed by atoms with Gasteiger partial charge < -0.3 is 24.8 Å². The molecule has 4 N–H and O–H groups in total. The van der Waals surface area contributed by atoms with Crippen molar-refractivity contribution in [2.75, 3.05) is 12.9 Å². The molecule has 9 nitrogen and oxygen atoms in total. The topological polar surface area (TPSA) is 142 Å². The molecule has 0 spiro atoms. The number of carbonyl (C=O) groups is 1. The zero-order valence-corrected chi connectivity index (χ0v) is 38.0. The third-order valence-corrected chi connectivity index (χ3v) is 7.65. The maximum atomic E-state index is 11.6. The summed E-state index contributed by atoms with van der Waals surface area (Å²) in [5.74, 6) is 2.83. The second kappa shape index (κ2) is 31.6. The van der Waals surface area contributed by atoms with E-state index in [9.17, 15) is 23.4 Å². The fourth-order valence-corrected chi connectivity index (χ4v) is 5.45. The first-order valence-corrected chi connectivity index (χ1v) is 21.8. The Labute approximate surface area is 340 Å². The van der Waals surface area contributed by atoms with Crippen LogP contribution in [-0.2, 0) is 27.7 Å². The average Bonchev–Trinajstić information content (AvgIpc) is 3.18. The Kier molecular flexibility index (Phi) is 31.5. The number of sulfonamides is 1. The molecule has 0 aliphatic carbocycles. The lowest BCUT2D eigenvalue weighted by atomic mass is 10.0. The predicted molar refractivity (Wildman–Crippen MR) is 236 cm³/mol. The minimum Gasteiger partial charge on any atom is -0.508 e. The van der Waals surface area contributed by atoms with E-state index < -0.39 is 15.9 Å². The van der Waals surface area contributed by atoms with E-state index in [4.69, 9.17) is 14.6 Å². The number of aliphatic hydroxyl groups excluding tert-OH is 1. The second-order valence-corrected chi connectivity index (χ2v) is 13.1. The maximum Gasteiger partial charge on any atom is 0.233 e. The molecule has 0 bridgehead atoms. The molecule has 4 rings (SSSR count). The van der Waals surface area contributed by atoms with Crippen molar-refractivity contribution in [1.29, 1.82) is 0 Å². The maximum absolute atomic E-state index is 11.6. The highest BCUT2D eigenvalue weighted by molar-refractivity contribution is 7.89. The molecule has 316 valence electrons. The van der Waals surface area contributed by atoms with Crippen molar-refractivity contribution in [3.8, 4) is 34.5 Å². The number of ether oxygens (including phenoxy) is 2. The Morgan fingerprint density at radius 2 is 0.982 bits per heavy atom. The van der Waals surface area contributed by atoms with E-state index in [0.29, 0.717) is 12.2 Å². The molecular weight excluding hydrogens is 727 g/mol. The van der Waals surface area contributed by atoms with Crippen LogP contribution in [0.2, 0.25) is 0 Å². The van der Waals surface area contributed by atoms with Gasteiger partial charge in [-0.15, -0.1) is 0 Å². The molecule has 0 radical (unpaired) electrons. The van der Waals surface area contributed by atoms with Gasteiger partial charge in [-0.2, -0.15) is 0 Å². The van der Waals surface area contributed by atoms with E-state index in [2.05, 4.69) is 12.1 Å². The zero-order valence-electron chi connectivity index (χ0n) is 37.2. The number of rotatable bonds is 11. The molecule has 0 saturated heterocycles. The van der Waals surface area contributed by atoms with Crippen molar-refractivity contribution in [2.24, 2.45) is 0 Å². The summed E-state index contributed by atoms with van der Waals surface area (Å²) in [6.07, 6.45) is 3.12. The molecule has 0 unspecified atom stereocenters. The minimum atomic E-state index is -3.53. The van der Waals surface area contributed by atoms with Gasteiger partial charge in [0.15, 0.2) is 0 Å². The van der Waals surface area contributed by atoms with Gasteiger partial charge in [0, 0.05) is 13.0 Å². The van der Waals surface area contributed by atoms with E-state index in [1.54, 1.807) is 36.4 Å². The van der Waals surface area contributed by atoms with Crippen molar-refractivity contribution < 1.29 is 38.0 Å². The van der Waals surface area contributed by atoms with Crippen LogP contribution in [0.3, 0.4) is 0 Å². The highest BCUT2D eigenvalue weighted by atomic mass is 32.2. The molecule has 0 fully saturated rings. The number of amides is 1. The van der Waals surface area contributed by atoms with E-state index in [-0.39, 0.29) is 24.5 Å². The quantitative estimate of drug-likeness (QED) is 0.117. The number of aromatic hydroxyl groups is 2. The number of phenols is 2. The summed E-state index contributed by atoms with van der Waals surface area (Å²) >= 11 is 0. The molecule has 4 aromatic carbocycles. The van der Waals surface area contributed by atoms with Crippen LogP contribution >= 0.6 is 0 Å². The summed E-state index contributed by atoms with van der Waals surface area (Å²) in [6, 6.07) is 19.7. The van der Waals surface area contributed by atoms with Crippen molar-refractivity contribution in [3.05, 3.63) is 106 Å². The van der Waals surface area contributed by atoms with Crippen LogP contribution in [0.25, 0.3) is 0 Å². The number of aliphatic hydroxyl groups is 1. The minimum absolute atomic E-state index is 0.0874. The molecular formula is C46H73NO8S. The molecule has 0 heterocycles. The van der Waals surface area contributed by atoms with Gasteiger partial charge in [-0.3, -0.25) is 9.52 Å². The van der Waals surface area contributed by atoms with Crippen LogP contribution in [0.1, 0.15) is 121 Å². The first-order valence-electron chi connectivity index (χ1n) is 19.9. The standard InChI is InChI=1S/C18H21NO5S.C18H22O3.5C2H6/c1-12-10-14(4-9-17(21)19-25(3,22)23)11-13(2)18(12)24-16-7-5-15(20)6-8-16;1-12-11-16(6-7-17(12)20)21-18-13(2)9-15(5-4-8-19)10-14(18)3;5*1-2/h5-8,10-11,20H,4,9H2,1-3H3,(H,19,21);6-7,9-11,19-20H,4-5,8H2,1-3H3;5*1-2H3. The lowest BCUT2D eigenvalue weighted by molar-refractivity contribution is -0.119. The van der Waals surface area contributed by atoms with Crippen molar-refractivity contribution in [3.63, 3.8) is 0 Å². The first kappa shape index (κ1) is 55.8. The molecule has 10 heteroatoms. The Morgan fingerprint density at radius 1 is 0.589 bits per heavy atom. The Bertz CT molecular complexity index is 1720. The van der Waals surface area contributed by atoms with Gasteiger partial charge in [0.2, 0.25) is 15.9 Å². The smallest absolute Gasteiger partial charge is 0.233 e. The van der Waals surface area contributed by atoms with Gasteiger partial charge in [0.05, 0.1) is 6.26 Å². The third kappa shape index (κ3) is 22.1. The normalized spacial score (nSPS) is 9.52. The lowest BCUT2D eigenvalue weighted by Gasteiger charge is -2.14. The average molecular weight is 800 g/mol. The molecule has 4 aromatic rings. The van der Waals surface area contributed by atoms with Crippen molar-refractivity contribution in [1.82, 2.24) is 4.72 Å². The third-order valence-electron chi connectivity index (χ3n) is 7.05. The molecule has 0 aromatic heterocycles. The van der Waals surface area contributed by atoms with Gasteiger partial charge in [0.1, 0.15) is 34.5 Å². The van der Waals surface area contributed by atoms with Gasteiger partial charge in [-0.25, -0.2) is 8.42 Å². The van der Waals surface area contributed by atoms with Crippen LogP contribution in [0.15, 0.2) is 66.7 Å².